The van der Waals surface area contributed by atoms with E-state index in [4.69, 9.17) is 8.83 Å². The van der Waals surface area contributed by atoms with Crippen molar-refractivity contribution in [3.05, 3.63) is 237 Å². The molecule has 10 aromatic carbocycles. The minimum absolute atomic E-state index is 0.841. The highest BCUT2D eigenvalue weighted by Gasteiger charge is 2.24. The van der Waals surface area contributed by atoms with Crippen LogP contribution < -0.4 is 4.90 Å². The second-order valence-electron chi connectivity index (χ2n) is 16.0. The van der Waals surface area contributed by atoms with Crippen molar-refractivity contribution in [1.82, 2.24) is 0 Å². The van der Waals surface area contributed by atoms with Crippen LogP contribution in [-0.2, 0) is 0 Å². The number of para-hydroxylation sites is 4. The van der Waals surface area contributed by atoms with Gasteiger partial charge in [-0.05, 0) is 87.0 Å². The Morgan fingerprint density at radius 1 is 0.270 bits per heavy atom. The first-order chi connectivity index (χ1) is 31.3. The quantitative estimate of drug-likeness (QED) is 0.153. The van der Waals surface area contributed by atoms with Crippen LogP contribution in [0.2, 0.25) is 0 Å². The van der Waals surface area contributed by atoms with Gasteiger partial charge in [0.2, 0.25) is 0 Å². The van der Waals surface area contributed by atoms with E-state index >= 15 is 0 Å². The molecular weight excluding hydrogens is 767 g/mol. The van der Waals surface area contributed by atoms with Crippen LogP contribution in [0.4, 0.5) is 17.1 Å². The minimum Gasteiger partial charge on any atom is -0.456 e. The lowest BCUT2D eigenvalue weighted by Gasteiger charge is -2.29. The molecule has 2 heterocycles. The van der Waals surface area contributed by atoms with Crippen LogP contribution in [0.1, 0.15) is 0 Å². The average Bonchev–Trinajstić information content (AvgIpc) is 3.93. The van der Waals surface area contributed by atoms with Crippen LogP contribution in [0, 0.1) is 0 Å². The number of anilines is 3. The van der Waals surface area contributed by atoms with Gasteiger partial charge in [0.05, 0.1) is 5.69 Å². The van der Waals surface area contributed by atoms with E-state index in [1.54, 1.807) is 0 Å². The van der Waals surface area contributed by atoms with Crippen molar-refractivity contribution in [2.45, 2.75) is 0 Å². The summed E-state index contributed by atoms with van der Waals surface area (Å²) in [5, 5.41) is 4.43. The van der Waals surface area contributed by atoms with Crippen LogP contribution >= 0.6 is 0 Å². The molecule has 0 aliphatic heterocycles. The van der Waals surface area contributed by atoms with Gasteiger partial charge in [-0.1, -0.05) is 188 Å². The maximum absolute atomic E-state index is 6.53. The summed E-state index contributed by atoms with van der Waals surface area (Å²) < 4.78 is 13.0. The Labute approximate surface area is 365 Å². The molecule has 63 heavy (non-hydrogen) atoms. The average molecular weight is 806 g/mol. The lowest BCUT2D eigenvalue weighted by atomic mass is 9.84. The van der Waals surface area contributed by atoms with Gasteiger partial charge in [0.1, 0.15) is 22.3 Å². The third kappa shape index (κ3) is 6.29. The fraction of sp³-hybridized carbons (Fsp3) is 0. The summed E-state index contributed by atoms with van der Waals surface area (Å²) >= 11 is 0. The van der Waals surface area contributed by atoms with Crippen molar-refractivity contribution in [3.8, 4) is 55.6 Å². The van der Waals surface area contributed by atoms with Crippen LogP contribution in [-0.4, -0.2) is 0 Å². The minimum atomic E-state index is 0.841. The monoisotopic (exact) mass is 805 g/mol. The Kier molecular flexibility index (Phi) is 8.83. The maximum Gasteiger partial charge on any atom is 0.143 e. The van der Waals surface area contributed by atoms with Crippen molar-refractivity contribution < 1.29 is 8.83 Å². The second kappa shape index (κ2) is 15.3. The summed E-state index contributed by atoms with van der Waals surface area (Å²) in [4.78, 5) is 2.37. The lowest BCUT2D eigenvalue weighted by Crippen LogP contribution is -2.11. The number of hydrogen-bond acceptors (Lipinski definition) is 3. The number of nitrogens with zero attached hydrogens (tertiary/aromatic N) is 1. The van der Waals surface area contributed by atoms with Crippen molar-refractivity contribution >= 4 is 60.9 Å². The van der Waals surface area contributed by atoms with Gasteiger partial charge in [0.15, 0.2) is 0 Å². The Balaban J connectivity index is 1.08. The van der Waals surface area contributed by atoms with E-state index in [0.29, 0.717) is 0 Å². The van der Waals surface area contributed by atoms with E-state index < -0.39 is 0 Å². The highest BCUT2D eigenvalue weighted by atomic mass is 16.3. The van der Waals surface area contributed by atoms with E-state index in [-0.39, 0.29) is 0 Å². The molecule has 0 fully saturated rings. The van der Waals surface area contributed by atoms with Gasteiger partial charge < -0.3 is 13.7 Å². The largest absolute Gasteiger partial charge is 0.456 e. The lowest BCUT2D eigenvalue weighted by molar-refractivity contribution is 0.669. The van der Waals surface area contributed by atoms with Gasteiger partial charge in [-0.3, -0.25) is 0 Å². The van der Waals surface area contributed by atoms with Crippen LogP contribution in [0.15, 0.2) is 245 Å². The first-order valence-electron chi connectivity index (χ1n) is 21.4. The normalized spacial score (nSPS) is 11.5. The molecule has 0 bridgehead atoms. The molecule has 0 saturated carbocycles. The molecule has 296 valence electrons. The molecule has 2 aromatic heterocycles. The number of hydrogen-bond donors (Lipinski definition) is 0. The molecule has 0 radical (unpaired) electrons. The van der Waals surface area contributed by atoms with E-state index in [2.05, 4.69) is 217 Å². The molecule has 0 aliphatic carbocycles. The third-order valence-electron chi connectivity index (χ3n) is 12.3. The van der Waals surface area contributed by atoms with Crippen LogP contribution in [0.5, 0.6) is 0 Å². The predicted octanol–water partition coefficient (Wildman–Crippen LogP) is 17.3. The number of benzene rings is 10. The van der Waals surface area contributed by atoms with E-state index in [1.165, 1.54) is 27.8 Å². The first-order valence-corrected chi connectivity index (χ1v) is 21.4. The molecule has 0 amide bonds. The van der Waals surface area contributed by atoms with Gasteiger partial charge in [0.25, 0.3) is 0 Å². The molecule has 3 heteroatoms. The predicted molar refractivity (Wildman–Crippen MR) is 263 cm³/mol. The van der Waals surface area contributed by atoms with E-state index in [0.717, 1.165) is 88.8 Å². The van der Waals surface area contributed by atoms with Crippen LogP contribution in [0.25, 0.3) is 99.5 Å². The molecule has 0 N–H and O–H groups in total. The summed E-state index contributed by atoms with van der Waals surface area (Å²) in [5.74, 6) is 0. The molecule has 12 aromatic rings. The number of rotatable bonds is 8. The van der Waals surface area contributed by atoms with Crippen molar-refractivity contribution in [2.24, 2.45) is 0 Å². The molecule has 0 unspecified atom stereocenters. The van der Waals surface area contributed by atoms with E-state index in [1.807, 2.05) is 24.3 Å². The fourth-order valence-electron chi connectivity index (χ4n) is 9.44. The van der Waals surface area contributed by atoms with Gasteiger partial charge in [-0.15, -0.1) is 0 Å². The van der Waals surface area contributed by atoms with Gasteiger partial charge >= 0.3 is 0 Å². The topological polar surface area (TPSA) is 29.5 Å². The summed E-state index contributed by atoms with van der Waals surface area (Å²) in [7, 11) is 0. The maximum atomic E-state index is 6.53. The molecule has 0 aliphatic rings. The Morgan fingerprint density at radius 3 is 1.52 bits per heavy atom. The van der Waals surface area contributed by atoms with Gasteiger partial charge in [-0.25, -0.2) is 0 Å². The zero-order chi connectivity index (χ0) is 41.7. The Bertz CT molecular complexity index is 3620. The SMILES string of the molecule is c1ccc(-c2ccccc2-c2c(-c3ccccc3)cccc2-c2ccccc2N(c2ccc(-c3cccc4c3oc3ccccc34)cc2)c2ccc3c(c2)oc2ccccc23)cc1. The van der Waals surface area contributed by atoms with Gasteiger partial charge in [0, 0.05) is 50.1 Å². The third-order valence-corrected chi connectivity index (χ3v) is 12.3. The summed E-state index contributed by atoms with van der Waals surface area (Å²) in [5.41, 5.74) is 18.0. The highest BCUT2D eigenvalue weighted by Crippen LogP contribution is 2.49. The summed E-state index contributed by atoms with van der Waals surface area (Å²) in [6.45, 7) is 0. The summed E-state index contributed by atoms with van der Waals surface area (Å²) in [6.07, 6.45) is 0. The van der Waals surface area contributed by atoms with Crippen LogP contribution in [0.3, 0.4) is 0 Å². The van der Waals surface area contributed by atoms with E-state index in [9.17, 15) is 0 Å². The first kappa shape index (κ1) is 36.5. The summed E-state index contributed by atoms with van der Waals surface area (Å²) in [6, 6.07) is 84.2. The van der Waals surface area contributed by atoms with Crippen molar-refractivity contribution in [1.29, 1.82) is 0 Å². The molecule has 3 nitrogen and oxygen atoms in total. The second-order valence-corrected chi connectivity index (χ2v) is 16.0. The number of furan rings is 2. The van der Waals surface area contributed by atoms with Gasteiger partial charge in [-0.2, -0.15) is 0 Å². The number of fused-ring (bicyclic) bond motifs is 6. The zero-order valence-corrected chi connectivity index (χ0v) is 34.3. The Morgan fingerprint density at radius 2 is 0.762 bits per heavy atom. The highest BCUT2D eigenvalue weighted by molar-refractivity contribution is 6.10. The molecular formula is C60H39NO2. The molecule has 0 atom stereocenters. The van der Waals surface area contributed by atoms with Crippen molar-refractivity contribution in [2.75, 3.05) is 4.90 Å². The zero-order valence-electron chi connectivity index (χ0n) is 34.3. The smallest absolute Gasteiger partial charge is 0.143 e. The fourth-order valence-corrected chi connectivity index (χ4v) is 9.44. The Hall–Kier alpha value is -8.40. The standard InChI is InChI=1S/C60H39NO2/c1-3-17-40(18-4-1)45-21-7-8-25-52(45)59-46(41-19-5-2-6-20-41)26-15-28-53(59)48-22-9-12-30-55(48)61(44-37-38-51-49-23-10-13-31-56(49)62-58(51)39-44)43-35-33-42(34-36-43)47-27-16-29-54-50-24-11-14-32-57(50)63-60(47)54/h1-39H. The molecule has 0 spiro atoms. The molecule has 12 rings (SSSR count). The van der Waals surface area contributed by atoms with Crippen molar-refractivity contribution in [3.63, 3.8) is 0 Å². The molecule has 0 saturated heterocycles.